The molecule has 4 nitrogen and oxygen atoms in total. The molecule has 2 aromatic carbocycles. The third-order valence-corrected chi connectivity index (χ3v) is 4.29. The zero-order valence-corrected chi connectivity index (χ0v) is 16.3. The quantitative estimate of drug-likeness (QED) is 0.379. The minimum Gasteiger partial charge on any atom is -0.381 e. The summed E-state index contributed by atoms with van der Waals surface area (Å²) in [5, 5.41) is 6.54. The highest BCUT2D eigenvalue weighted by atomic mass is 19.1. The van der Waals surface area contributed by atoms with Crippen LogP contribution in [0.25, 0.3) is 0 Å². The molecule has 0 saturated carbocycles. The monoisotopic (exact) mass is 371 g/mol. The molecule has 0 aromatic heterocycles. The number of nitrogens with zero attached hydrogens (tertiary/aromatic N) is 1. The third kappa shape index (κ3) is 8.22. The Balaban J connectivity index is 1.52. The molecule has 27 heavy (non-hydrogen) atoms. The summed E-state index contributed by atoms with van der Waals surface area (Å²) in [7, 11) is 1.75. The second-order valence-corrected chi connectivity index (χ2v) is 6.49. The van der Waals surface area contributed by atoms with E-state index in [-0.39, 0.29) is 5.82 Å². The summed E-state index contributed by atoms with van der Waals surface area (Å²) >= 11 is 0. The molecule has 2 N–H and O–H groups in total. The number of hydrogen-bond donors (Lipinski definition) is 2. The largest absolute Gasteiger partial charge is 0.381 e. The molecule has 2 aromatic rings. The van der Waals surface area contributed by atoms with Gasteiger partial charge in [0.2, 0.25) is 0 Å². The van der Waals surface area contributed by atoms with E-state index in [9.17, 15) is 4.39 Å². The number of rotatable bonds is 10. The Labute approximate surface area is 161 Å². The second kappa shape index (κ2) is 12.1. The van der Waals surface area contributed by atoms with Crippen molar-refractivity contribution in [1.29, 1.82) is 0 Å². The molecule has 0 aliphatic heterocycles. The molecule has 0 bridgehead atoms. The van der Waals surface area contributed by atoms with Crippen molar-refractivity contribution in [3.63, 3.8) is 0 Å². The number of hydrogen-bond acceptors (Lipinski definition) is 2. The van der Waals surface area contributed by atoms with Crippen LogP contribution >= 0.6 is 0 Å². The molecule has 0 heterocycles. The van der Waals surface area contributed by atoms with Crippen LogP contribution < -0.4 is 10.6 Å². The first-order valence-corrected chi connectivity index (χ1v) is 9.50. The molecular formula is C22H30FN3O. The fourth-order valence-electron chi connectivity index (χ4n) is 2.70. The average molecular weight is 372 g/mol. The van der Waals surface area contributed by atoms with E-state index in [1.54, 1.807) is 20.0 Å². The third-order valence-electron chi connectivity index (χ3n) is 4.29. The van der Waals surface area contributed by atoms with Gasteiger partial charge in [-0.3, -0.25) is 4.99 Å². The van der Waals surface area contributed by atoms with Crippen molar-refractivity contribution in [3.05, 3.63) is 71.0 Å². The van der Waals surface area contributed by atoms with E-state index in [2.05, 4.69) is 39.9 Å². The van der Waals surface area contributed by atoms with Gasteiger partial charge in [-0.15, -0.1) is 0 Å². The fraction of sp³-hybridized carbons (Fsp3) is 0.409. The van der Waals surface area contributed by atoms with Gasteiger partial charge < -0.3 is 15.4 Å². The number of halogens is 1. The number of unbranched alkanes of at least 4 members (excludes halogenated alkanes) is 1. The fourth-order valence-corrected chi connectivity index (χ4v) is 2.70. The Morgan fingerprint density at radius 2 is 1.81 bits per heavy atom. The van der Waals surface area contributed by atoms with Crippen molar-refractivity contribution in [2.75, 3.05) is 26.8 Å². The van der Waals surface area contributed by atoms with Crippen molar-refractivity contribution in [1.82, 2.24) is 10.6 Å². The Bertz CT molecular complexity index is 704. The molecule has 0 atom stereocenters. The van der Waals surface area contributed by atoms with Gasteiger partial charge in [0.05, 0.1) is 6.61 Å². The Morgan fingerprint density at radius 3 is 2.56 bits per heavy atom. The van der Waals surface area contributed by atoms with E-state index < -0.39 is 0 Å². The first kappa shape index (κ1) is 20.9. The van der Waals surface area contributed by atoms with E-state index in [1.807, 2.05) is 12.1 Å². The van der Waals surface area contributed by atoms with Crippen molar-refractivity contribution in [2.45, 2.75) is 32.7 Å². The van der Waals surface area contributed by atoms with Crippen molar-refractivity contribution in [2.24, 2.45) is 4.99 Å². The van der Waals surface area contributed by atoms with E-state index in [4.69, 9.17) is 4.74 Å². The number of aliphatic imine (C=N–C) groups is 1. The molecule has 2 rings (SSSR count). The first-order chi connectivity index (χ1) is 13.2. The molecule has 0 aliphatic rings. The Hall–Kier alpha value is -2.40. The first-order valence-electron chi connectivity index (χ1n) is 9.50. The molecule has 0 radical (unpaired) electrons. The molecular weight excluding hydrogens is 341 g/mol. The molecule has 0 spiro atoms. The van der Waals surface area contributed by atoms with E-state index in [1.165, 1.54) is 11.6 Å². The van der Waals surface area contributed by atoms with Crippen LogP contribution in [0.2, 0.25) is 0 Å². The highest BCUT2D eigenvalue weighted by Gasteiger charge is 2.01. The Kier molecular flexibility index (Phi) is 9.35. The van der Waals surface area contributed by atoms with Crippen LogP contribution in [0.3, 0.4) is 0 Å². The van der Waals surface area contributed by atoms with Crippen LogP contribution in [0, 0.1) is 12.7 Å². The minimum absolute atomic E-state index is 0.174. The maximum atomic E-state index is 13.3. The zero-order valence-electron chi connectivity index (χ0n) is 16.3. The van der Waals surface area contributed by atoms with Crippen molar-refractivity contribution < 1.29 is 9.13 Å². The number of aryl methyl sites for hydroxylation is 1. The summed E-state index contributed by atoms with van der Waals surface area (Å²) in [5.41, 5.74) is 3.00. The van der Waals surface area contributed by atoms with Crippen LogP contribution in [0.4, 0.5) is 4.39 Å². The van der Waals surface area contributed by atoms with Gasteiger partial charge in [-0.25, -0.2) is 4.39 Å². The van der Waals surface area contributed by atoms with Gasteiger partial charge in [0.15, 0.2) is 5.96 Å². The minimum atomic E-state index is -0.174. The normalized spacial score (nSPS) is 11.4. The van der Waals surface area contributed by atoms with Gasteiger partial charge >= 0.3 is 0 Å². The standard InChI is InChI=1S/C22H30FN3O/c1-18-16-20(10-11-21(18)23)17-26-22(24-2)25-13-6-7-14-27-15-12-19-8-4-3-5-9-19/h3-5,8-11,16H,6-7,12-15,17H2,1-2H3,(H2,24,25,26). The second-order valence-electron chi connectivity index (χ2n) is 6.49. The summed E-state index contributed by atoms with van der Waals surface area (Å²) in [6, 6.07) is 15.5. The summed E-state index contributed by atoms with van der Waals surface area (Å²) < 4.78 is 19.0. The highest BCUT2D eigenvalue weighted by molar-refractivity contribution is 5.79. The Morgan fingerprint density at radius 1 is 1.00 bits per heavy atom. The maximum absolute atomic E-state index is 13.3. The van der Waals surface area contributed by atoms with Crippen LogP contribution in [0.5, 0.6) is 0 Å². The zero-order chi connectivity index (χ0) is 19.3. The van der Waals surface area contributed by atoms with Gasteiger partial charge in [0.25, 0.3) is 0 Å². The van der Waals surface area contributed by atoms with E-state index >= 15 is 0 Å². The smallest absolute Gasteiger partial charge is 0.191 e. The van der Waals surface area contributed by atoms with E-state index in [0.717, 1.165) is 50.5 Å². The predicted molar refractivity (Wildman–Crippen MR) is 110 cm³/mol. The molecule has 0 unspecified atom stereocenters. The number of ether oxygens (including phenoxy) is 1. The van der Waals surface area contributed by atoms with Crippen LogP contribution in [0.15, 0.2) is 53.5 Å². The van der Waals surface area contributed by atoms with Crippen LogP contribution in [-0.2, 0) is 17.7 Å². The number of benzene rings is 2. The average Bonchev–Trinajstić information content (AvgIpc) is 2.69. The summed E-state index contributed by atoms with van der Waals surface area (Å²) in [5.74, 6) is 0.578. The topological polar surface area (TPSA) is 45.7 Å². The molecule has 0 saturated heterocycles. The predicted octanol–water partition coefficient (Wildman–Crippen LogP) is 3.84. The van der Waals surface area contributed by atoms with Crippen LogP contribution in [-0.4, -0.2) is 32.8 Å². The number of guanidine groups is 1. The molecule has 146 valence electrons. The van der Waals surface area contributed by atoms with Crippen LogP contribution in [0.1, 0.15) is 29.5 Å². The molecule has 0 amide bonds. The van der Waals surface area contributed by atoms with Gasteiger partial charge in [-0.05, 0) is 48.9 Å². The maximum Gasteiger partial charge on any atom is 0.191 e. The van der Waals surface area contributed by atoms with Gasteiger partial charge in [0.1, 0.15) is 5.82 Å². The molecule has 5 heteroatoms. The number of nitrogens with one attached hydrogen (secondary N) is 2. The highest BCUT2D eigenvalue weighted by Crippen LogP contribution is 2.08. The summed E-state index contributed by atoms with van der Waals surface area (Å²) in [4.78, 5) is 4.21. The van der Waals surface area contributed by atoms with Gasteiger partial charge in [-0.1, -0.05) is 42.5 Å². The lowest BCUT2D eigenvalue weighted by atomic mass is 10.1. The summed E-state index contributed by atoms with van der Waals surface area (Å²) in [6.07, 6.45) is 2.98. The lowest BCUT2D eigenvalue weighted by Gasteiger charge is -2.12. The molecule has 0 fully saturated rings. The lowest BCUT2D eigenvalue weighted by molar-refractivity contribution is 0.133. The van der Waals surface area contributed by atoms with E-state index in [0.29, 0.717) is 12.1 Å². The van der Waals surface area contributed by atoms with Crippen molar-refractivity contribution >= 4 is 5.96 Å². The molecule has 0 aliphatic carbocycles. The van der Waals surface area contributed by atoms with Gasteiger partial charge in [-0.2, -0.15) is 0 Å². The van der Waals surface area contributed by atoms with Gasteiger partial charge in [0, 0.05) is 26.7 Å². The lowest BCUT2D eigenvalue weighted by Crippen LogP contribution is -2.37. The SMILES string of the molecule is CN=C(NCCCCOCCc1ccccc1)NCc1ccc(F)c(C)c1. The summed E-state index contributed by atoms with van der Waals surface area (Å²) in [6.45, 7) is 4.76. The van der Waals surface area contributed by atoms with Crippen molar-refractivity contribution in [3.8, 4) is 0 Å².